The van der Waals surface area contributed by atoms with Crippen LogP contribution < -0.4 is 0 Å². The molecule has 0 N–H and O–H groups in total. The standard InChI is InChI=1S/C33H60O4S4/c1-25(2)13-9-17-29(38)34-21-33(22-35-30(39)18-10-14-26(3)4,23-36-31(40)19-11-15-27(5)6)24-37-32(41)20-12-16-28(7)8/h25-28H,9-24H2,1-8H3. The molecule has 0 aromatic heterocycles. The van der Waals surface area contributed by atoms with Crippen LogP contribution in [0.1, 0.15) is 132 Å². The second-order valence-corrected chi connectivity index (χ2v) is 15.1. The molecule has 0 bridgehead atoms. The third kappa shape index (κ3) is 24.7. The minimum atomic E-state index is -0.658. The first kappa shape index (κ1) is 40.6. The Kier molecular flexibility index (Phi) is 23.7. The van der Waals surface area contributed by atoms with E-state index in [0.717, 1.165) is 77.0 Å². The predicted octanol–water partition coefficient (Wildman–Crippen LogP) is 10.7. The van der Waals surface area contributed by atoms with Gasteiger partial charge in [-0.15, -0.1) is 0 Å². The molecule has 0 heterocycles. The van der Waals surface area contributed by atoms with Crippen LogP contribution in [0.4, 0.5) is 0 Å². The third-order valence-corrected chi connectivity index (χ3v) is 8.09. The van der Waals surface area contributed by atoms with E-state index in [1.54, 1.807) is 0 Å². The van der Waals surface area contributed by atoms with Crippen molar-refractivity contribution < 1.29 is 18.9 Å². The molecule has 0 amide bonds. The molecule has 0 aromatic carbocycles. The van der Waals surface area contributed by atoms with E-state index in [-0.39, 0.29) is 0 Å². The molecule has 0 atom stereocenters. The van der Waals surface area contributed by atoms with Gasteiger partial charge in [-0.3, -0.25) is 0 Å². The number of hydrogen-bond acceptors (Lipinski definition) is 8. The summed E-state index contributed by atoms with van der Waals surface area (Å²) >= 11 is 22.4. The fraction of sp³-hybridized carbons (Fsp3) is 0.879. The molecule has 0 fully saturated rings. The van der Waals surface area contributed by atoms with Crippen LogP contribution in [0.15, 0.2) is 0 Å². The zero-order chi connectivity index (χ0) is 31.3. The number of thiocarbonyl (C=S) groups is 4. The van der Waals surface area contributed by atoms with Gasteiger partial charge in [0.25, 0.3) is 0 Å². The molecule has 0 aliphatic carbocycles. The first-order valence-corrected chi connectivity index (χ1v) is 17.5. The lowest BCUT2D eigenvalue weighted by Gasteiger charge is -2.33. The molecule has 41 heavy (non-hydrogen) atoms. The average Bonchev–Trinajstić information content (AvgIpc) is 2.87. The van der Waals surface area contributed by atoms with Crippen LogP contribution in [0, 0.1) is 29.1 Å². The van der Waals surface area contributed by atoms with Crippen molar-refractivity contribution in [3.63, 3.8) is 0 Å². The predicted molar refractivity (Wildman–Crippen MR) is 191 cm³/mol. The van der Waals surface area contributed by atoms with Crippen LogP contribution in [-0.4, -0.2) is 46.6 Å². The summed E-state index contributed by atoms with van der Waals surface area (Å²) in [5.41, 5.74) is -0.658. The van der Waals surface area contributed by atoms with Gasteiger partial charge in [-0.25, -0.2) is 0 Å². The number of rotatable bonds is 24. The van der Waals surface area contributed by atoms with Crippen LogP contribution in [0.3, 0.4) is 0 Å². The molecule has 0 aliphatic heterocycles. The Morgan fingerprint density at radius 3 is 0.780 bits per heavy atom. The van der Waals surface area contributed by atoms with Crippen LogP contribution in [0.5, 0.6) is 0 Å². The van der Waals surface area contributed by atoms with Gasteiger partial charge in [0.15, 0.2) is 20.2 Å². The van der Waals surface area contributed by atoms with Crippen molar-refractivity contribution in [1.82, 2.24) is 0 Å². The van der Waals surface area contributed by atoms with E-state index in [2.05, 4.69) is 55.4 Å². The van der Waals surface area contributed by atoms with Gasteiger partial charge in [0, 0.05) is 25.7 Å². The highest BCUT2D eigenvalue weighted by Crippen LogP contribution is 2.24. The Bertz CT molecular complexity index is 624. The van der Waals surface area contributed by atoms with Gasteiger partial charge in [0.05, 0.1) is 0 Å². The molecule has 0 saturated heterocycles. The highest BCUT2D eigenvalue weighted by atomic mass is 32.1. The zero-order valence-electron chi connectivity index (χ0n) is 27.4. The maximum absolute atomic E-state index is 6.19. The van der Waals surface area contributed by atoms with Crippen molar-refractivity contribution in [2.24, 2.45) is 29.1 Å². The highest BCUT2D eigenvalue weighted by molar-refractivity contribution is 7.80. The first-order valence-electron chi connectivity index (χ1n) is 15.9. The van der Waals surface area contributed by atoms with E-state index >= 15 is 0 Å². The Hall–Kier alpha value is -0.440. The van der Waals surface area contributed by atoms with E-state index in [1.807, 2.05) is 0 Å². The summed E-state index contributed by atoms with van der Waals surface area (Å²) in [6.45, 7) is 19.0. The van der Waals surface area contributed by atoms with Gasteiger partial charge in [0.1, 0.15) is 31.8 Å². The van der Waals surface area contributed by atoms with Crippen LogP contribution in [0.25, 0.3) is 0 Å². The number of hydrogen-bond donors (Lipinski definition) is 0. The van der Waals surface area contributed by atoms with Gasteiger partial charge < -0.3 is 18.9 Å². The molecular formula is C33H60O4S4. The Labute approximate surface area is 274 Å². The number of ether oxygens (including phenoxy) is 4. The van der Waals surface area contributed by atoms with Crippen molar-refractivity contribution in [3.8, 4) is 0 Å². The van der Waals surface area contributed by atoms with E-state index in [0.29, 0.717) is 70.3 Å². The highest BCUT2D eigenvalue weighted by Gasteiger charge is 2.36. The zero-order valence-corrected chi connectivity index (χ0v) is 30.7. The topological polar surface area (TPSA) is 36.9 Å². The van der Waals surface area contributed by atoms with E-state index < -0.39 is 5.41 Å². The van der Waals surface area contributed by atoms with Crippen LogP contribution >= 0.6 is 48.9 Å². The van der Waals surface area contributed by atoms with Crippen molar-refractivity contribution in [1.29, 1.82) is 0 Å². The molecule has 0 spiro atoms. The Morgan fingerprint density at radius 1 is 0.415 bits per heavy atom. The lowest BCUT2D eigenvalue weighted by molar-refractivity contribution is -0.0163. The molecule has 0 rings (SSSR count). The SMILES string of the molecule is CC(C)CCCC(=S)OCC(COC(=S)CCCC(C)C)(COC(=S)CCCC(C)C)COC(=S)CCCC(C)C. The fourth-order valence-corrected chi connectivity index (χ4v) is 4.90. The molecule has 0 aliphatic rings. The van der Waals surface area contributed by atoms with Gasteiger partial charge >= 0.3 is 0 Å². The second kappa shape index (κ2) is 23.9. The molecule has 0 aromatic rings. The molecule has 4 nitrogen and oxygen atoms in total. The van der Waals surface area contributed by atoms with E-state index in [4.69, 9.17) is 67.8 Å². The summed E-state index contributed by atoms with van der Waals surface area (Å²) in [5.74, 6) is 2.55. The molecule has 240 valence electrons. The van der Waals surface area contributed by atoms with Gasteiger partial charge in [-0.05, 0) is 98.2 Å². The maximum atomic E-state index is 6.19. The van der Waals surface area contributed by atoms with E-state index in [9.17, 15) is 0 Å². The van der Waals surface area contributed by atoms with Gasteiger partial charge in [-0.2, -0.15) is 0 Å². The molecule has 8 heteroatoms. The monoisotopic (exact) mass is 648 g/mol. The molecular weight excluding hydrogens is 589 g/mol. The normalized spacial score (nSPS) is 11.8. The largest absolute Gasteiger partial charge is 0.486 e. The second-order valence-electron chi connectivity index (χ2n) is 13.3. The fourth-order valence-electron chi connectivity index (χ4n) is 4.09. The molecule has 0 saturated carbocycles. The average molecular weight is 649 g/mol. The maximum Gasteiger partial charge on any atom is 0.159 e. The first-order chi connectivity index (χ1) is 19.2. The van der Waals surface area contributed by atoms with Crippen molar-refractivity contribution in [2.45, 2.75) is 132 Å². The van der Waals surface area contributed by atoms with Crippen molar-refractivity contribution >= 4 is 69.1 Å². The molecule has 0 radical (unpaired) electrons. The minimum absolute atomic E-state index is 0.297. The third-order valence-electron chi connectivity index (χ3n) is 6.81. The minimum Gasteiger partial charge on any atom is -0.486 e. The summed E-state index contributed by atoms with van der Waals surface area (Å²) in [6, 6.07) is 0. The van der Waals surface area contributed by atoms with Crippen LogP contribution in [0.2, 0.25) is 0 Å². The summed E-state index contributed by atoms with van der Waals surface area (Å²) in [5, 5.41) is 2.42. The lowest BCUT2D eigenvalue weighted by Crippen LogP contribution is -2.43. The molecule has 0 unspecified atom stereocenters. The van der Waals surface area contributed by atoms with Gasteiger partial charge in [-0.1, -0.05) is 81.1 Å². The summed E-state index contributed by atoms with van der Waals surface area (Å²) in [6.07, 6.45) is 11.5. The summed E-state index contributed by atoms with van der Waals surface area (Å²) < 4.78 is 24.7. The van der Waals surface area contributed by atoms with Crippen LogP contribution in [-0.2, 0) is 18.9 Å². The Balaban J connectivity index is 5.58. The summed E-state index contributed by atoms with van der Waals surface area (Å²) in [4.78, 5) is 0. The van der Waals surface area contributed by atoms with Gasteiger partial charge in [0.2, 0.25) is 0 Å². The lowest BCUT2D eigenvalue weighted by atomic mass is 9.92. The van der Waals surface area contributed by atoms with Crippen molar-refractivity contribution in [2.75, 3.05) is 26.4 Å². The Morgan fingerprint density at radius 2 is 0.610 bits per heavy atom. The van der Waals surface area contributed by atoms with E-state index in [1.165, 1.54) is 0 Å². The smallest absolute Gasteiger partial charge is 0.159 e. The van der Waals surface area contributed by atoms with Crippen molar-refractivity contribution in [3.05, 3.63) is 0 Å². The quantitative estimate of drug-likeness (QED) is 0.0957. The summed E-state index contributed by atoms with van der Waals surface area (Å²) in [7, 11) is 0.